The van der Waals surface area contributed by atoms with E-state index in [-0.39, 0.29) is 0 Å². The highest BCUT2D eigenvalue weighted by atomic mass is 32.2. The van der Waals surface area contributed by atoms with Crippen molar-refractivity contribution < 1.29 is 13.0 Å². The van der Waals surface area contributed by atoms with Crippen molar-refractivity contribution in [3.63, 3.8) is 0 Å². The highest BCUT2D eigenvalue weighted by Crippen LogP contribution is 2.19. The molecule has 1 heterocycles. The molecule has 1 aromatic rings. The smallest absolute Gasteiger partial charge is 0.261 e. The van der Waals surface area contributed by atoms with Gasteiger partial charge in [-0.25, -0.2) is 0 Å². The Morgan fingerprint density at radius 3 is 2.56 bits per heavy atom. The number of rotatable bonds is 0. The normalized spacial score (nSPS) is 14.9. The third-order valence-electron chi connectivity index (χ3n) is 2.21. The van der Waals surface area contributed by atoms with Crippen LogP contribution in [0.3, 0.4) is 0 Å². The third kappa shape index (κ3) is 5.72. The van der Waals surface area contributed by atoms with Crippen molar-refractivity contribution in [2.45, 2.75) is 19.3 Å². The first-order valence-corrected chi connectivity index (χ1v) is 7.06. The molecule has 0 aromatic heterocycles. The van der Waals surface area contributed by atoms with Gasteiger partial charge < -0.3 is 5.32 Å². The lowest BCUT2D eigenvalue weighted by Gasteiger charge is -2.04. The van der Waals surface area contributed by atoms with E-state index in [1.165, 1.54) is 30.5 Å². The summed E-state index contributed by atoms with van der Waals surface area (Å²) >= 11 is 0. The molecule has 5 heteroatoms. The zero-order chi connectivity index (χ0) is 12.0. The standard InChI is InChI=1S/C10H13N.CH4O3S/c1-2-7-10-9(5-1)6-3-4-8-11-10;1-5(2,3)4/h1-2,5,7,11H,3-4,6,8H2;1H3,(H,2,3,4). The summed E-state index contributed by atoms with van der Waals surface area (Å²) in [5.74, 6) is 0. The lowest BCUT2D eigenvalue weighted by atomic mass is 10.1. The Morgan fingerprint density at radius 1 is 1.25 bits per heavy atom. The quantitative estimate of drug-likeness (QED) is 0.683. The zero-order valence-electron chi connectivity index (χ0n) is 9.31. The largest absolute Gasteiger partial charge is 0.385 e. The molecule has 0 saturated carbocycles. The van der Waals surface area contributed by atoms with Crippen molar-refractivity contribution >= 4 is 15.8 Å². The minimum absolute atomic E-state index is 0.715. The minimum Gasteiger partial charge on any atom is -0.385 e. The molecule has 2 N–H and O–H groups in total. The lowest BCUT2D eigenvalue weighted by Crippen LogP contribution is -1.98. The maximum absolute atomic E-state index is 9.19. The predicted octanol–water partition coefficient (Wildman–Crippen LogP) is 1.94. The van der Waals surface area contributed by atoms with Gasteiger partial charge in [0.25, 0.3) is 10.1 Å². The summed E-state index contributed by atoms with van der Waals surface area (Å²) < 4.78 is 25.9. The fourth-order valence-electron chi connectivity index (χ4n) is 1.57. The molecule has 2 rings (SSSR count). The Kier molecular flexibility index (Phi) is 4.76. The Bertz CT molecular complexity index is 396. The van der Waals surface area contributed by atoms with Crippen LogP contribution in [0.1, 0.15) is 18.4 Å². The van der Waals surface area contributed by atoms with E-state index in [4.69, 9.17) is 4.55 Å². The van der Waals surface area contributed by atoms with Crippen LogP contribution in [0, 0.1) is 0 Å². The summed E-state index contributed by atoms with van der Waals surface area (Å²) in [6, 6.07) is 8.59. The van der Waals surface area contributed by atoms with Gasteiger partial charge in [-0.2, -0.15) is 8.42 Å². The van der Waals surface area contributed by atoms with Gasteiger partial charge in [-0.1, -0.05) is 18.2 Å². The predicted molar refractivity (Wildman–Crippen MR) is 65.3 cm³/mol. The maximum Gasteiger partial charge on any atom is 0.261 e. The Balaban J connectivity index is 0.000000221. The van der Waals surface area contributed by atoms with E-state index in [9.17, 15) is 8.42 Å². The van der Waals surface area contributed by atoms with Crippen molar-refractivity contribution in [2.75, 3.05) is 18.1 Å². The SMILES string of the molecule is CS(=O)(=O)O.c1ccc2c(c1)CCCCN2. The molecule has 0 unspecified atom stereocenters. The first kappa shape index (κ1) is 13.0. The first-order valence-electron chi connectivity index (χ1n) is 5.21. The van der Waals surface area contributed by atoms with Crippen LogP contribution in [0.5, 0.6) is 0 Å². The first-order chi connectivity index (χ1) is 7.47. The van der Waals surface area contributed by atoms with Gasteiger partial charge in [0, 0.05) is 12.2 Å². The van der Waals surface area contributed by atoms with E-state index in [2.05, 4.69) is 29.6 Å². The molecule has 0 fully saturated rings. The van der Waals surface area contributed by atoms with Gasteiger partial charge in [0.2, 0.25) is 0 Å². The zero-order valence-corrected chi connectivity index (χ0v) is 10.1. The van der Waals surface area contributed by atoms with Gasteiger partial charge in [0.05, 0.1) is 6.26 Å². The molecule has 0 amide bonds. The number of benzene rings is 1. The molecule has 1 aliphatic rings. The van der Waals surface area contributed by atoms with E-state index in [1.807, 2.05) is 0 Å². The number of fused-ring (bicyclic) bond motifs is 1. The minimum atomic E-state index is -3.67. The molecule has 0 bridgehead atoms. The van der Waals surface area contributed by atoms with Crippen LogP contribution in [0.15, 0.2) is 24.3 Å². The second kappa shape index (κ2) is 5.86. The number of anilines is 1. The highest BCUT2D eigenvalue weighted by Gasteiger charge is 2.04. The second-order valence-electron chi connectivity index (χ2n) is 3.77. The molecule has 1 aromatic carbocycles. The van der Waals surface area contributed by atoms with Gasteiger partial charge in [0.1, 0.15) is 0 Å². The van der Waals surface area contributed by atoms with Crippen molar-refractivity contribution in [1.82, 2.24) is 0 Å². The molecule has 0 atom stereocenters. The molecular formula is C11H17NO3S. The van der Waals surface area contributed by atoms with E-state index < -0.39 is 10.1 Å². The Hall–Kier alpha value is -1.07. The number of nitrogens with one attached hydrogen (secondary N) is 1. The van der Waals surface area contributed by atoms with Crippen LogP contribution in [0.2, 0.25) is 0 Å². The van der Waals surface area contributed by atoms with Gasteiger partial charge in [-0.05, 0) is 30.9 Å². The third-order valence-corrected chi connectivity index (χ3v) is 2.21. The van der Waals surface area contributed by atoms with Gasteiger partial charge in [-0.15, -0.1) is 0 Å². The van der Waals surface area contributed by atoms with Gasteiger partial charge in [-0.3, -0.25) is 4.55 Å². The van der Waals surface area contributed by atoms with Crippen molar-refractivity contribution in [3.8, 4) is 0 Å². The monoisotopic (exact) mass is 243 g/mol. The van der Waals surface area contributed by atoms with Crippen LogP contribution in [-0.4, -0.2) is 25.8 Å². The molecule has 16 heavy (non-hydrogen) atoms. The van der Waals surface area contributed by atoms with Crippen molar-refractivity contribution in [2.24, 2.45) is 0 Å². The summed E-state index contributed by atoms with van der Waals surface area (Å²) in [5, 5.41) is 3.43. The Morgan fingerprint density at radius 2 is 1.88 bits per heavy atom. The second-order valence-corrected chi connectivity index (χ2v) is 5.24. The average molecular weight is 243 g/mol. The lowest BCUT2D eigenvalue weighted by molar-refractivity contribution is 0.490. The molecule has 90 valence electrons. The van der Waals surface area contributed by atoms with Crippen LogP contribution >= 0.6 is 0 Å². The van der Waals surface area contributed by atoms with E-state index in [0.29, 0.717) is 6.26 Å². The molecular weight excluding hydrogens is 226 g/mol. The van der Waals surface area contributed by atoms with E-state index >= 15 is 0 Å². The van der Waals surface area contributed by atoms with Crippen LogP contribution in [0.4, 0.5) is 5.69 Å². The Labute approximate surface area is 96.4 Å². The maximum atomic E-state index is 9.19. The van der Waals surface area contributed by atoms with Gasteiger partial charge in [0.15, 0.2) is 0 Å². The van der Waals surface area contributed by atoms with Crippen LogP contribution in [0.25, 0.3) is 0 Å². The molecule has 4 nitrogen and oxygen atoms in total. The summed E-state index contributed by atoms with van der Waals surface area (Å²) in [6.07, 6.45) is 4.58. The molecule has 0 aliphatic carbocycles. The number of hydrogen-bond acceptors (Lipinski definition) is 3. The summed E-state index contributed by atoms with van der Waals surface area (Å²) in [4.78, 5) is 0. The average Bonchev–Trinajstić information content (AvgIpc) is 2.39. The molecule has 0 saturated heterocycles. The number of aryl methyl sites for hydroxylation is 1. The van der Waals surface area contributed by atoms with Crippen molar-refractivity contribution in [1.29, 1.82) is 0 Å². The van der Waals surface area contributed by atoms with Crippen LogP contribution < -0.4 is 5.32 Å². The fourth-order valence-corrected chi connectivity index (χ4v) is 1.57. The molecule has 0 radical (unpaired) electrons. The van der Waals surface area contributed by atoms with Gasteiger partial charge >= 0.3 is 0 Å². The number of para-hydroxylation sites is 1. The number of hydrogen-bond donors (Lipinski definition) is 2. The fraction of sp³-hybridized carbons (Fsp3) is 0.455. The topological polar surface area (TPSA) is 66.4 Å². The van der Waals surface area contributed by atoms with Crippen LogP contribution in [-0.2, 0) is 16.5 Å². The molecule has 1 aliphatic heterocycles. The highest BCUT2D eigenvalue weighted by molar-refractivity contribution is 7.85. The van der Waals surface area contributed by atoms with E-state index in [1.54, 1.807) is 0 Å². The summed E-state index contributed by atoms with van der Waals surface area (Å²) in [6.45, 7) is 1.14. The molecule has 0 spiro atoms. The van der Waals surface area contributed by atoms with Crippen molar-refractivity contribution in [3.05, 3.63) is 29.8 Å². The summed E-state index contributed by atoms with van der Waals surface area (Å²) in [5.41, 5.74) is 2.81. The summed E-state index contributed by atoms with van der Waals surface area (Å²) in [7, 11) is -3.67. The van der Waals surface area contributed by atoms with E-state index in [0.717, 1.165) is 6.54 Å².